The van der Waals surface area contributed by atoms with E-state index in [0.717, 1.165) is 19.9 Å². The number of rotatable bonds is 3. The van der Waals surface area contributed by atoms with E-state index < -0.39 is 0 Å². The second kappa shape index (κ2) is 5.06. The van der Waals surface area contributed by atoms with Gasteiger partial charge in [-0.2, -0.15) is 0 Å². The topological polar surface area (TPSA) is 39.2 Å². The number of thiazole rings is 1. The lowest BCUT2D eigenvalue weighted by Gasteiger charge is -2.01. The van der Waals surface area contributed by atoms with Crippen LogP contribution >= 0.6 is 27.3 Å². The number of benzene rings is 1. The van der Waals surface area contributed by atoms with Crippen LogP contribution in [0, 0.1) is 0 Å². The second-order valence-electron chi connectivity index (χ2n) is 4.51. The smallest absolute Gasteiger partial charge is 0.358 e. The third-order valence-corrected chi connectivity index (χ3v) is 4.80. The zero-order chi connectivity index (χ0) is 13.4. The van der Waals surface area contributed by atoms with Gasteiger partial charge in [0.1, 0.15) is 0 Å². The first kappa shape index (κ1) is 12.8. The van der Waals surface area contributed by atoms with E-state index in [1.165, 1.54) is 20.0 Å². The van der Waals surface area contributed by atoms with E-state index in [-0.39, 0.29) is 5.97 Å². The Kier molecular flexibility index (Phi) is 3.41. The van der Waals surface area contributed by atoms with Gasteiger partial charge in [0.15, 0.2) is 5.69 Å². The molecule has 0 atom stereocenters. The van der Waals surface area contributed by atoms with Crippen LogP contribution in [-0.4, -0.2) is 18.1 Å². The molecule has 2 aromatic rings. The molecule has 1 heterocycles. The van der Waals surface area contributed by atoms with Crippen molar-refractivity contribution in [2.45, 2.75) is 18.8 Å². The molecule has 3 rings (SSSR count). The molecule has 1 aromatic carbocycles. The Hall–Kier alpha value is -1.20. The molecule has 5 heteroatoms. The summed E-state index contributed by atoms with van der Waals surface area (Å²) in [6.45, 7) is 0. The van der Waals surface area contributed by atoms with Gasteiger partial charge in [0.05, 0.1) is 17.0 Å². The Balaban J connectivity index is 2.10. The van der Waals surface area contributed by atoms with Gasteiger partial charge in [0.25, 0.3) is 0 Å². The zero-order valence-corrected chi connectivity index (χ0v) is 12.8. The fraction of sp³-hybridized carbons (Fsp3) is 0.286. The first-order chi connectivity index (χ1) is 9.19. The Labute approximate surface area is 123 Å². The summed E-state index contributed by atoms with van der Waals surface area (Å²) in [5, 5.41) is 1.05. The van der Waals surface area contributed by atoms with Crippen molar-refractivity contribution in [3.8, 4) is 10.4 Å². The van der Waals surface area contributed by atoms with Crippen molar-refractivity contribution in [3.63, 3.8) is 0 Å². The SMILES string of the molecule is COC(=O)c1nc(C2CC2)sc1-c1cccc(Br)c1. The van der Waals surface area contributed by atoms with Gasteiger partial charge < -0.3 is 4.74 Å². The monoisotopic (exact) mass is 337 g/mol. The second-order valence-corrected chi connectivity index (χ2v) is 6.45. The van der Waals surface area contributed by atoms with Crippen molar-refractivity contribution in [3.05, 3.63) is 39.4 Å². The van der Waals surface area contributed by atoms with E-state index in [4.69, 9.17) is 4.74 Å². The van der Waals surface area contributed by atoms with Crippen molar-refractivity contribution in [2.75, 3.05) is 7.11 Å². The van der Waals surface area contributed by atoms with Crippen LogP contribution in [0.15, 0.2) is 28.7 Å². The highest BCUT2D eigenvalue weighted by molar-refractivity contribution is 9.10. The third-order valence-electron chi connectivity index (χ3n) is 3.04. The summed E-state index contributed by atoms with van der Waals surface area (Å²) in [5.41, 5.74) is 1.44. The standard InChI is InChI=1S/C14H12BrNO2S/c1-18-14(17)11-12(9-3-2-4-10(15)7-9)19-13(16-11)8-5-6-8/h2-4,7-8H,5-6H2,1H3. The molecule has 1 aliphatic carbocycles. The van der Waals surface area contributed by atoms with Gasteiger partial charge in [0.2, 0.25) is 0 Å². The number of halogens is 1. The largest absolute Gasteiger partial charge is 0.464 e. The number of hydrogen-bond acceptors (Lipinski definition) is 4. The van der Waals surface area contributed by atoms with Crippen LogP contribution < -0.4 is 0 Å². The van der Waals surface area contributed by atoms with Crippen LogP contribution in [0.2, 0.25) is 0 Å². The van der Waals surface area contributed by atoms with E-state index in [0.29, 0.717) is 11.6 Å². The van der Waals surface area contributed by atoms with E-state index >= 15 is 0 Å². The highest BCUT2D eigenvalue weighted by atomic mass is 79.9. The average molecular weight is 338 g/mol. The van der Waals surface area contributed by atoms with Crippen molar-refractivity contribution >= 4 is 33.2 Å². The molecule has 19 heavy (non-hydrogen) atoms. The number of esters is 1. The highest BCUT2D eigenvalue weighted by Crippen LogP contribution is 2.45. The van der Waals surface area contributed by atoms with Crippen molar-refractivity contribution in [1.29, 1.82) is 0 Å². The molecular weight excluding hydrogens is 326 g/mol. The van der Waals surface area contributed by atoms with Gasteiger partial charge in [-0.3, -0.25) is 0 Å². The number of ether oxygens (including phenoxy) is 1. The average Bonchev–Trinajstić information content (AvgIpc) is 3.17. The molecule has 0 amide bonds. The van der Waals surface area contributed by atoms with E-state index in [1.54, 1.807) is 11.3 Å². The normalized spacial score (nSPS) is 14.4. The predicted molar refractivity (Wildman–Crippen MR) is 78.6 cm³/mol. The number of aromatic nitrogens is 1. The van der Waals surface area contributed by atoms with Crippen LogP contribution in [0.25, 0.3) is 10.4 Å². The van der Waals surface area contributed by atoms with Crippen molar-refractivity contribution in [1.82, 2.24) is 4.98 Å². The molecule has 0 N–H and O–H groups in total. The molecule has 0 unspecified atom stereocenters. The number of carbonyl (C=O) groups excluding carboxylic acids is 1. The molecule has 1 aliphatic rings. The molecule has 0 saturated heterocycles. The van der Waals surface area contributed by atoms with Crippen molar-refractivity contribution in [2.24, 2.45) is 0 Å². The highest BCUT2D eigenvalue weighted by Gasteiger charge is 2.30. The lowest BCUT2D eigenvalue weighted by Crippen LogP contribution is -2.03. The Morgan fingerprint density at radius 3 is 2.89 bits per heavy atom. The first-order valence-corrected chi connectivity index (χ1v) is 7.65. The van der Waals surface area contributed by atoms with Gasteiger partial charge >= 0.3 is 5.97 Å². The lowest BCUT2D eigenvalue weighted by atomic mass is 10.1. The van der Waals surface area contributed by atoms with E-state index in [1.807, 2.05) is 24.3 Å². The zero-order valence-electron chi connectivity index (χ0n) is 10.4. The van der Waals surface area contributed by atoms with Gasteiger partial charge in [-0.05, 0) is 30.5 Å². The Morgan fingerprint density at radius 1 is 1.47 bits per heavy atom. The molecule has 0 spiro atoms. The summed E-state index contributed by atoms with van der Waals surface area (Å²) in [6, 6.07) is 7.90. The van der Waals surface area contributed by atoms with Crippen LogP contribution in [0.4, 0.5) is 0 Å². The Morgan fingerprint density at radius 2 is 2.26 bits per heavy atom. The molecule has 0 bridgehead atoms. The first-order valence-electron chi connectivity index (χ1n) is 6.04. The summed E-state index contributed by atoms with van der Waals surface area (Å²) in [7, 11) is 1.39. The van der Waals surface area contributed by atoms with E-state index in [2.05, 4.69) is 20.9 Å². The molecule has 1 saturated carbocycles. The third kappa shape index (κ3) is 2.58. The fourth-order valence-corrected chi connectivity index (χ4v) is 3.52. The van der Waals surface area contributed by atoms with Gasteiger partial charge in [0, 0.05) is 10.4 Å². The maximum Gasteiger partial charge on any atom is 0.358 e. The quantitative estimate of drug-likeness (QED) is 0.786. The fourth-order valence-electron chi connectivity index (χ4n) is 1.90. The van der Waals surface area contributed by atoms with Gasteiger partial charge in [-0.1, -0.05) is 28.1 Å². The molecule has 1 aromatic heterocycles. The molecular formula is C14H12BrNO2S. The van der Waals surface area contributed by atoms with Crippen LogP contribution in [0.5, 0.6) is 0 Å². The summed E-state index contributed by atoms with van der Waals surface area (Å²) >= 11 is 5.06. The molecule has 0 radical (unpaired) electrons. The molecule has 3 nitrogen and oxygen atoms in total. The summed E-state index contributed by atoms with van der Waals surface area (Å²) in [4.78, 5) is 17.2. The maximum atomic E-state index is 11.9. The minimum absolute atomic E-state index is 0.363. The summed E-state index contributed by atoms with van der Waals surface area (Å²) in [5.74, 6) is 0.174. The minimum Gasteiger partial charge on any atom is -0.464 e. The number of methoxy groups -OCH3 is 1. The Bertz CT molecular complexity index is 634. The summed E-state index contributed by atoms with van der Waals surface area (Å²) < 4.78 is 5.82. The number of carbonyl (C=O) groups is 1. The number of hydrogen-bond donors (Lipinski definition) is 0. The molecule has 0 aliphatic heterocycles. The molecule has 1 fully saturated rings. The molecule has 98 valence electrons. The maximum absolute atomic E-state index is 11.9. The summed E-state index contributed by atoms with van der Waals surface area (Å²) in [6.07, 6.45) is 2.35. The number of nitrogens with zero attached hydrogens (tertiary/aromatic N) is 1. The minimum atomic E-state index is -0.363. The van der Waals surface area contributed by atoms with Gasteiger partial charge in [-0.25, -0.2) is 9.78 Å². The van der Waals surface area contributed by atoms with Crippen LogP contribution in [0.1, 0.15) is 34.3 Å². The lowest BCUT2D eigenvalue weighted by molar-refractivity contribution is 0.0595. The van der Waals surface area contributed by atoms with E-state index in [9.17, 15) is 4.79 Å². The van der Waals surface area contributed by atoms with Gasteiger partial charge in [-0.15, -0.1) is 11.3 Å². The predicted octanol–water partition coefficient (Wildman–Crippen LogP) is 4.24. The van der Waals surface area contributed by atoms with Crippen LogP contribution in [-0.2, 0) is 4.74 Å². The van der Waals surface area contributed by atoms with Crippen LogP contribution in [0.3, 0.4) is 0 Å². The van der Waals surface area contributed by atoms with Crippen molar-refractivity contribution < 1.29 is 9.53 Å².